The molecule has 1 aliphatic rings. The van der Waals surface area contributed by atoms with Crippen LogP contribution in [-0.4, -0.2) is 166 Å². The molecule has 17 nitrogen and oxygen atoms in total. The Labute approximate surface area is 304 Å². The number of ketones is 1. The number of Topliss-reactive ketones (excluding diaryl/α,β-unsaturated/α-hetero) is 1. The highest BCUT2D eigenvalue weighted by Gasteiger charge is 2.26. The van der Waals surface area contributed by atoms with E-state index in [1.54, 1.807) is 11.8 Å². The average molecular weight is 727 g/mol. The molecule has 3 atom stereocenters. The van der Waals surface area contributed by atoms with Crippen molar-refractivity contribution in [2.75, 3.05) is 86.6 Å². The largest absolute Gasteiger partial charge is 0.370 e. The number of nitrogens with two attached hydrogens (primary N) is 2. The molecule has 8 N–H and O–H groups in total. The molecule has 1 fully saturated rings. The highest BCUT2D eigenvalue weighted by Crippen LogP contribution is 2.15. The monoisotopic (exact) mass is 727 g/mol. The molecule has 0 radical (unpaired) electrons. The summed E-state index contributed by atoms with van der Waals surface area (Å²) in [5, 5.41) is 11.1. The molecule has 1 aliphatic heterocycles. The summed E-state index contributed by atoms with van der Waals surface area (Å²) in [7, 11) is 5.88. The standard InChI is InChI=1S/C27H55N9O5.C7H11NO2/c1-6-8-22(27(41)31-12-11-28)33-25(39)10-7-9-24(38)30-13-14-34(3)15-16-35(4)17-18-36(5)20-26(40)32-21(2)19-23(29)37;1-6(10)7-3-2-4-8(7)5-9/h21-22H,6-20,28H2,1-5H3,(H2,29,37)(H,30,38)(H,31,41)(H,32,40)(H,33,39);5,7H,2-4H2,1H3/t21-,22+;7-/m10/s1. The van der Waals surface area contributed by atoms with Crippen molar-refractivity contribution in [1.29, 1.82) is 0 Å². The number of hydrogen-bond donors (Lipinski definition) is 6. The third-order valence-electron chi connectivity index (χ3n) is 8.25. The van der Waals surface area contributed by atoms with Gasteiger partial charge in [-0.15, -0.1) is 0 Å². The lowest BCUT2D eigenvalue weighted by molar-refractivity contribution is -0.129. The fourth-order valence-corrected chi connectivity index (χ4v) is 5.28. The van der Waals surface area contributed by atoms with Crippen molar-refractivity contribution >= 4 is 41.7 Å². The van der Waals surface area contributed by atoms with Crippen LogP contribution in [0.2, 0.25) is 0 Å². The lowest BCUT2D eigenvalue weighted by Crippen LogP contribution is -2.47. The number of nitrogens with zero attached hydrogens (tertiary/aromatic N) is 4. The second-order valence-electron chi connectivity index (χ2n) is 13.3. The SMILES string of the molecule is CC(=O)[C@@H]1CCCN1C=O.CCC[C@H](NC(=O)CCCC(=O)NCCN(C)CCN(C)CCN(C)CC(=O)N[C@H](C)CC(N)=O)C(=O)NCCN. The van der Waals surface area contributed by atoms with Crippen molar-refractivity contribution in [1.82, 2.24) is 40.9 Å². The molecule has 51 heavy (non-hydrogen) atoms. The van der Waals surface area contributed by atoms with Crippen LogP contribution >= 0.6 is 0 Å². The minimum Gasteiger partial charge on any atom is -0.370 e. The van der Waals surface area contributed by atoms with Gasteiger partial charge in [-0.25, -0.2) is 0 Å². The second kappa shape index (κ2) is 28.0. The van der Waals surface area contributed by atoms with E-state index >= 15 is 0 Å². The molecular formula is C34H66N10O7. The zero-order valence-corrected chi connectivity index (χ0v) is 31.8. The molecule has 0 saturated carbocycles. The number of carbonyl (C=O) groups is 7. The Balaban J connectivity index is 0.00000212. The van der Waals surface area contributed by atoms with Crippen LogP contribution < -0.4 is 32.7 Å². The number of primary amides is 1. The van der Waals surface area contributed by atoms with Crippen molar-refractivity contribution < 1.29 is 33.6 Å². The first-order valence-corrected chi connectivity index (χ1v) is 18.0. The van der Waals surface area contributed by atoms with Gasteiger partial charge in [0.2, 0.25) is 35.9 Å². The number of amides is 6. The first-order valence-electron chi connectivity index (χ1n) is 18.0. The van der Waals surface area contributed by atoms with Crippen molar-refractivity contribution in [3.63, 3.8) is 0 Å². The van der Waals surface area contributed by atoms with Crippen LogP contribution in [0.3, 0.4) is 0 Å². The van der Waals surface area contributed by atoms with Gasteiger partial charge in [-0.2, -0.15) is 0 Å². The Bertz CT molecular complexity index is 1080. The number of rotatable bonds is 26. The first kappa shape index (κ1) is 47.3. The van der Waals surface area contributed by atoms with Gasteiger partial charge in [0.1, 0.15) is 6.04 Å². The van der Waals surface area contributed by atoms with E-state index in [-0.39, 0.29) is 67.3 Å². The molecule has 0 spiro atoms. The van der Waals surface area contributed by atoms with Crippen molar-refractivity contribution in [3.05, 3.63) is 0 Å². The summed E-state index contributed by atoms with van der Waals surface area (Å²) in [6, 6.07) is -0.994. The quantitative estimate of drug-likeness (QED) is 0.0534. The van der Waals surface area contributed by atoms with Crippen LogP contribution in [0.5, 0.6) is 0 Å². The molecule has 1 rings (SSSR count). The molecule has 0 bridgehead atoms. The highest BCUT2D eigenvalue weighted by molar-refractivity contribution is 5.88. The highest BCUT2D eigenvalue weighted by atomic mass is 16.2. The van der Waals surface area contributed by atoms with E-state index in [1.165, 1.54) is 6.92 Å². The van der Waals surface area contributed by atoms with Gasteiger partial charge < -0.3 is 47.4 Å². The minimum absolute atomic E-state index is 0.101. The van der Waals surface area contributed by atoms with Crippen LogP contribution in [0, 0.1) is 0 Å². The Morgan fingerprint density at radius 2 is 1.47 bits per heavy atom. The molecule has 294 valence electrons. The van der Waals surface area contributed by atoms with E-state index in [1.807, 2.05) is 33.0 Å². The summed E-state index contributed by atoms with van der Waals surface area (Å²) >= 11 is 0. The summed E-state index contributed by atoms with van der Waals surface area (Å²) in [4.78, 5) is 88.4. The average Bonchev–Trinajstić information content (AvgIpc) is 3.54. The van der Waals surface area contributed by atoms with E-state index < -0.39 is 11.9 Å². The lowest BCUT2D eigenvalue weighted by Gasteiger charge is -2.24. The van der Waals surface area contributed by atoms with Gasteiger partial charge in [-0.3, -0.25) is 38.5 Å². The topological polar surface area (TPSA) is 233 Å². The number of likely N-dealkylation sites (tertiary alicyclic amines) is 1. The molecule has 0 aromatic heterocycles. The maximum absolute atomic E-state index is 12.2. The summed E-state index contributed by atoms with van der Waals surface area (Å²) in [5.74, 6) is -1.07. The zero-order valence-electron chi connectivity index (χ0n) is 31.8. The second-order valence-corrected chi connectivity index (χ2v) is 13.3. The maximum Gasteiger partial charge on any atom is 0.242 e. The molecule has 1 heterocycles. The van der Waals surface area contributed by atoms with Crippen LogP contribution in [0.15, 0.2) is 0 Å². The van der Waals surface area contributed by atoms with Gasteiger partial charge in [0.15, 0.2) is 5.78 Å². The normalized spacial score (nSPS) is 15.1. The van der Waals surface area contributed by atoms with Crippen LogP contribution in [0.25, 0.3) is 0 Å². The van der Waals surface area contributed by atoms with Crippen LogP contribution in [0.1, 0.15) is 72.1 Å². The molecule has 0 aromatic carbocycles. The lowest BCUT2D eigenvalue weighted by atomic mass is 10.1. The molecule has 1 saturated heterocycles. The van der Waals surface area contributed by atoms with Gasteiger partial charge >= 0.3 is 0 Å². The summed E-state index contributed by atoms with van der Waals surface area (Å²) in [6.07, 6.45) is 4.81. The van der Waals surface area contributed by atoms with E-state index in [9.17, 15) is 33.6 Å². The van der Waals surface area contributed by atoms with Crippen LogP contribution in [0.4, 0.5) is 0 Å². The number of nitrogens with one attached hydrogen (secondary N) is 4. The predicted octanol–water partition coefficient (Wildman–Crippen LogP) is -2.00. The molecule has 0 unspecified atom stereocenters. The van der Waals surface area contributed by atoms with E-state index in [2.05, 4.69) is 31.1 Å². The van der Waals surface area contributed by atoms with Crippen molar-refractivity contribution in [3.8, 4) is 0 Å². The number of carbonyl (C=O) groups excluding carboxylic acids is 7. The number of hydrogen-bond acceptors (Lipinski definition) is 11. The van der Waals surface area contributed by atoms with Crippen LogP contribution in [-0.2, 0) is 33.6 Å². The van der Waals surface area contributed by atoms with E-state index in [0.717, 1.165) is 51.9 Å². The smallest absolute Gasteiger partial charge is 0.242 e. The Morgan fingerprint density at radius 1 is 0.863 bits per heavy atom. The number of likely N-dealkylation sites (N-methyl/N-ethyl adjacent to an activating group) is 3. The van der Waals surface area contributed by atoms with E-state index in [0.29, 0.717) is 45.6 Å². The first-order chi connectivity index (χ1) is 24.1. The van der Waals surface area contributed by atoms with Gasteiger partial charge in [0.05, 0.1) is 12.6 Å². The maximum atomic E-state index is 12.2. The van der Waals surface area contributed by atoms with E-state index in [4.69, 9.17) is 11.5 Å². The van der Waals surface area contributed by atoms with Crippen molar-refractivity contribution in [2.45, 2.75) is 90.3 Å². The Hall–Kier alpha value is -3.67. The Kier molecular flexibility index (Phi) is 26.0. The van der Waals surface area contributed by atoms with Gasteiger partial charge in [-0.1, -0.05) is 13.3 Å². The molecule has 0 aromatic rings. The summed E-state index contributed by atoms with van der Waals surface area (Å²) in [6.45, 7) is 11.3. The van der Waals surface area contributed by atoms with Crippen molar-refractivity contribution in [2.24, 2.45) is 11.5 Å². The molecule has 6 amide bonds. The minimum atomic E-state index is -0.584. The predicted molar refractivity (Wildman–Crippen MR) is 196 cm³/mol. The molecule has 0 aliphatic carbocycles. The van der Waals surface area contributed by atoms with Gasteiger partial charge in [0.25, 0.3) is 0 Å². The third kappa shape index (κ3) is 24.2. The molecule has 17 heteroatoms. The van der Waals surface area contributed by atoms with Gasteiger partial charge in [-0.05, 0) is 60.7 Å². The van der Waals surface area contributed by atoms with Gasteiger partial charge in [0, 0.05) is 84.2 Å². The fourth-order valence-electron chi connectivity index (χ4n) is 5.28. The fraction of sp³-hybridized carbons (Fsp3) is 0.794. The summed E-state index contributed by atoms with van der Waals surface area (Å²) in [5.41, 5.74) is 10.6. The zero-order chi connectivity index (χ0) is 38.8. The Morgan fingerprint density at radius 3 is 2.02 bits per heavy atom. The molecular weight excluding hydrogens is 660 g/mol. The summed E-state index contributed by atoms with van der Waals surface area (Å²) < 4.78 is 0. The third-order valence-corrected chi connectivity index (χ3v) is 8.25.